The van der Waals surface area contributed by atoms with Crippen molar-refractivity contribution in [2.24, 2.45) is 0 Å². The molecule has 57 heavy (non-hydrogen) atoms. The average molecular weight is 729 g/mol. The lowest BCUT2D eigenvalue weighted by Crippen LogP contribution is -2.32. The molecule has 1 aliphatic heterocycles. The van der Waals surface area contributed by atoms with Crippen LogP contribution in [0.3, 0.4) is 0 Å². The molecule has 0 amide bonds. The van der Waals surface area contributed by atoms with Gasteiger partial charge in [0.05, 0.1) is 22.0 Å². The maximum atomic E-state index is 7.09. The summed E-state index contributed by atoms with van der Waals surface area (Å²) in [4.78, 5) is 15.3. The van der Waals surface area contributed by atoms with Crippen LogP contribution in [0.1, 0.15) is 22.3 Å². The fourth-order valence-electron chi connectivity index (χ4n) is 9.34. The molecule has 0 saturated heterocycles. The second kappa shape index (κ2) is 12.2. The van der Waals surface area contributed by atoms with Gasteiger partial charge in [0.1, 0.15) is 11.5 Å². The quantitative estimate of drug-likeness (QED) is 0.181. The van der Waals surface area contributed by atoms with Crippen molar-refractivity contribution in [2.75, 3.05) is 0 Å². The molecule has 0 bridgehead atoms. The average Bonchev–Trinajstić information content (AvgIpc) is 3.76. The van der Waals surface area contributed by atoms with Crippen LogP contribution in [0.25, 0.3) is 72.8 Å². The Bertz CT molecular complexity index is 3150. The number of nitrogens with zero attached hydrogens (tertiary/aromatic N) is 4. The van der Waals surface area contributed by atoms with Crippen LogP contribution in [-0.2, 0) is 5.41 Å². The van der Waals surface area contributed by atoms with Gasteiger partial charge in [-0.1, -0.05) is 152 Å². The van der Waals surface area contributed by atoms with Crippen LogP contribution in [0.4, 0.5) is 0 Å². The van der Waals surface area contributed by atoms with Gasteiger partial charge in [0, 0.05) is 38.7 Å². The molecule has 3 heterocycles. The summed E-state index contributed by atoms with van der Waals surface area (Å²) in [7, 11) is 0. The van der Waals surface area contributed by atoms with E-state index in [1.165, 1.54) is 38.5 Å². The molecule has 1 unspecified atom stereocenters. The monoisotopic (exact) mass is 728 g/mol. The largest absolute Gasteiger partial charge is 0.456 e. The van der Waals surface area contributed by atoms with Crippen molar-refractivity contribution in [2.45, 2.75) is 5.41 Å². The van der Waals surface area contributed by atoms with E-state index in [0.717, 1.165) is 50.5 Å². The minimum Gasteiger partial charge on any atom is -0.456 e. The van der Waals surface area contributed by atoms with E-state index in [4.69, 9.17) is 19.7 Å². The summed E-state index contributed by atoms with van der Waals surface area (Å²) < 4.78 is 9.50. The molecule has 5 heteroatoms. The highest BCUT2D eigenvalue weighted by Crippen LogP contribution is 2.63. The van der Waals surface area contributed by atoms with Gasteiger partial charge in [0.2, 0.25) is 0 Å². The van der Waals surface area contributed by atoms with Gasteiger partial charge in [-0.15, -0.1) is 0 Å². The first-order valence-electron chi connectivity index (χ1n) is 19.3. The highest BCUT2D eigenvalue weighted by Gasteiger charge is 2.52. The highest BCUT2D eigenvalue weighted by molar-refractivity contribution is 6.12. The molecule has 10 aromatic rings. The van der Waals surface area contributed by atoms with E-state index in [1.54, 1.807) is 0 Å². The Kier molecular flexibility index (Phi) is 6.78. The number of fused-ring (bicyclic) bond motifs is 12. The summed E-state index contributed by atoms with van der Waals surface area (Å²) in [5.41, 5.74) is 12.5. The number of ether oxygens (including phenoxy) is 1. The van der Waals surface area contributed by atoms with E-state index in [0.29, 0.717) is 17.5 Å². The molecule has 266 valence electrons. The van der Waals surface area contributed by atoms with Crippen LogP contribution >= 0.6 is 0 Å². The Morgan fingerprint density at radius 1 is 0.386 bits per heavy atom. The summed E-state index contributed by atoms with van der Waals surface area (Å²) in [5, 5.41) is 2.45. The first kappa shape index (κ1) is 31.7. The Hall–Kier alpha value is -7.63. The van der Waals surface area contributed by atoms with Crippen LogP contribution in [0.2, 0.25) is 0 Å². The van der Waals surface area contributed by atoms with Crippen molar-refractivity contribution < 1.29 is 4.74 Å². The van der Waals surface area contributed by atoms with E-state index in [2.05, 4.69) is 138 Å². The lowest BCUT2D eigenvalue weighted by Gasteiger charge is -2.40. The van der Waals surface area contributed by atoms with Gasteiger partial charge >= 0.3 is 0 Å². The van der Waals surface area contributed by atoms with Crippen molar-refractivity contribution >= 4 is 21.8 Å². The zero-order valence-electron chi connectivity index (χ0n) is 30.7. The smallest absolute Gasteiger partial charge is 0.167 e. The first-order chi connectivity index (χ1) is 28.3. The Morgan fingerprint density at radius 3 is 1.72 bits per heavy atom. The van der Waals surface area contributed by atoms with Gasteiger partial charge in [-0.25, -0.2) is 15.0 Å². The number of para-hydroxylation sites is 4. The number of aromatic nitrogens is 4. The molecule has 12 rings (SSSR count). The van der Waals surface area contributed by atoms with Gasteiger partial charge in [-0.2, -0.15) is 0 Å². The van der Waals surface area contributed by atoms with Crippen LogP contribution in [0, 0.1) is 0 Å². The zero-order chi connectivity index (χ0) is 37.5. The second-order valence-electron chi connectivity index (χ2n) is 14.7. The molecule has 0 saturated carbocycles. The molecular weight excluding hydrogens is 697 g/mol. The molecule has 2 aliphatic rings. The second-order valence-corrected chi connectivity index (χ2v) is 14.7. The summed E-state index contributed by atoms with van der Waals surface area (Å²) in [5.74, 6) is 3.32. The summed E-state index contributed by atoms with van der Waals surface area (Å²) in [6.45, 7) is 0. The zero-order valence-corrected chi connectivity index (χ0v) is 30.7. The van der Waals surface area contributed by atoms with E-state index in [-0.39, 0.29) is 0 Å². The van der Waals surface area contributed by atoms with Crippen molar-refractivity contribution in [1.29, 1.82) is 0 Å². The Labute approximate surface area is 329 Å². The molecule has 0 fully saturated rings. The van der Waals surface area contributed by atoms with Gasteiger partial charge in [-0.05, 0) is 64.7 Å². The molecular formula is C52H32N4O. The number of hydrogen-bond donors (Lipinski definition) is 0. The predicted octanol–water partition coefficient (Wildman–Crippen LogP) is 12.4. The summed E-state index contributed by atoms with van der Waals surface area (Å²) >= 11 is 0. The first-order valence-corrected chi connectivity index (χ1v) is 19.3. The van der Waals surface area contributed by atoms with Crippen LogP contribution in [-0.4, -0.2) is 19.5 Å². The maximum Gasteiger partial charge on any atom is 0.167 e. The Morgan fingerprint density at radius 2 is 0.965 bits per heavy atom. The van der Waals surface area contributed by atoms with Gasteiger partial charge in [0.25, 0.3) is 0 Å². The SMILES string of the molecule is c1ccc(-c2nc(-c3ccccc3)nc(-c3cccc4c3Oc3ccccc3C43c4ccccc4-c4cc5c6ccccc6n(-c6ccccc6)c5cc43)n2)cc1. The third-order valence-electron chi connectivity index (χ3n) is 11.7. The van der Waals surface area contributed by atoms with Crippen molar-refractivity contribution in [3.05, 3.63) is 216 Å². The van der Waals surface area contributed by atoms with E-state index in [1.807, 2.05) is 60.7 Å². The van der Waals surface area contributed by atoms with Gasteiger partial charge in [0.15, 0.2) is 17.5 Å². The minimum absolute atomic E-state index is 0.556. The highest BCUT2D eigenvalue weighted by atomic mass is 16.5. The van der Waals surface area contributed by atoms with E-state index in [9.17, 15) is 0 Å². The van der Waals surface area contributed by atoms with Crippen LogP contribution in [0.15, 0.2) is 194 Å². The van der Waals surface area contributed by atoms with Crippen LogP contribution in [0.5, 0.6) is 11.5 Å². The number of hydrogen-bond acceptors (Lipinski definition) is 4. The number of benzene rings is 8. The lowest BCUT2D eigenvalue weighted by molar-refractivity contribution is 0.438. The molecule has 0 radical (unpaired) electrons. The fourth-order valence-corrected chi connectivity index (χ4v) is 9.34. The number of rotatable bonds is 4. The molecule has 5 nitrogen and oxygen atoms in total. The maximum absolute atomic E-state index is 7.09. The third kappa shape index (κ3) is 4.54. The molecule has 1 atom stereocenters. The van der Waals surface area contributed by atoms with Crippen molar-refractivity contribution in [1.82, 2.24) is 19.5 Å². The summed E-state index contributed by atoms with van der Waals surface area (Å²) in [6.07, 6.45) is 0. The van der Waals surface area contributed by atoms with Gasteiger partial charge < -0.3 is 9.30 Å². The topological polar surface area (TPSA) is 52.8 Å². The van der Waals surface area contributed by atoms with Crippen molar-refractivity contribution in [3.63, 3.8) is 0 Å². The lowest BCUT2D eigenvalue weighted by atomic mass is 9.65. The van der Waals surface area contributed by atoms with Crippen molar-refractivity contribution in [3.8, 4) is 62.5 Å². The fraction of sp³-hybridized carbons (Fsp3) is 0.0192. The normalized spacial score (nSPS) is 14.9. The van der Waals surface area contributed by atoms with Crippen LogP contribution < -0.4 is 4.74 Å². The molecule has 0 N–H and O–H groups in total. The summed E-state index contributed by atoms with van der Waals surface area (Å²) in [6, 6.07) is 68.4. The minimum atomic E-state index is -0.699. The molecule has 8 aromatic carbocycles. The predicted molar refractivity (Wildman–Crippen MR) is 228 cm³/mol. The van der Waals surface area contributed by atoms with Gasteiger partial charge in [-0.3, -0.25) is 0 Å². The Balaban J connectivity index is 1.18. The van der Waals surface area contributed by atoms with E-state index >= 15 is 0 Å². The third-order valence-corrected chi connectivity index (χ3v) is 11.7. The standard InChI is InChI=1S/C52H32N4O/c1-4-17-33(18-5-1)49-53-50(34-19-6-2-7-20-34)55-51(54-49)38-25-16-28-43-48(38)57-47-30-15-13-27-42(47)52(43)41-26-12-10-23-36(41)39-31-40-37-24-11-14-29-45(37)56(46(40)32-44(39)52)35-21-8-3-9-22-35/h1-32H. The molecule has 1 spiro atoms. The molecule has 2 aromatic heterocycles. The molecule has 1 aliphatic carbocycles. The van der Waals surface area contributed by atoms with E-state index < -0.39 is 5.41 Å².